The van der Waals surface area contributed by atoms with Crippen LogP contribution < -0.4 is 5.73 Å². The molecule has 0 aliphatic rings. The van der Waals surface area contributed by atoms with Crippen molar-refractivity contribution in [3.63, 3.8) is 0 Å². The predicted molar refractivity (Wildman–Crippen MR) is 64.5 cm³/mol. The molecule has 0 amide bonds. The number of nitrogens with zero attached hydrogens (tertiary/aromatic N) is 1. The van der Waals surface area contributed by atoms with Gasteiger partial charge in [-0.05, 0) is 18.2 Å². The highest BCUT2D eigenvalue weighted by atomic mass is 35.5. The molecule has 2 N–H and O–H groups in total. The van der Waals surface area contributed by atoms with Crippen LogP contribution in [0.1, 0.15) is 0 Å². The lowest BCUT2D eigenvalue weighted by atomic mass is 10.3. The number of nitrogens with two attached hydrogens (primary N) is 1. The van der Waals surface area contributed by atoms with E-state index in [1.807, 2.05) is 0 Å². The highest BCUT2D eigenvalue weighted by Crippen LogP contribution is 2.23. The first kappa shape index (κ1) is 12.8. The largest absolute Gasteiger partial charge is 0.397 e. The van der Waals surface area contributed by atoms with Crippen molar-refractivity contribution in [2.75, 3.05) is 19.3 Å². The fraction of sp³-hybridized carbons (Fsp3) is 0.200. The second kappa shape index (κ2) is 4.74. The number of hydrogen-bond acceptors (Lipinski definition) is 3. The Morgan fingerprint density at radius 2 is 2.19 bits per heavy atom. The summed E-state index contributed by atoms with van der Waals surface area (Å²) in [5, 5.41) is 0.318. The number of anilines is 1. The van der Waals surface area contributed by atoms with Gasteiger partial charge in [-0.2, -0.15) is 4.31 Å². The molecule has 1 aromatic carbocycles. The molecule has 0 spiro atoms. The highest BCUT2D eigenvalue weighted by molar-refractivity contribution is 7.89. The minimum atomic E-state index is -3.59. The van der Waals surface area contributed by atoms with Crippen molar-refractivity contribution in [3.8, 4) is 12.3 Å². The molecule has 1 aromatic rings. The van der Waals surface area contributed by atoms with Gasteiger partial charge in [-0.15, -0.1) is 6.42 Å². The SMILES string of the molecule is C#CCN(C)S(=O)(=O)c1ccc(Cl)c(N)c1. The molecule has 6 heteroatoms. The average molecular weight is 259 g/mol. The lowest BCUT2D eigenvalue weighted by Crippen LogP contribution is -2.27. The van der Waals surface area contributed by atoms with Crippen LogP contribution in [0.15, 0.2) is 23.1 Å². The summed E-state index contributed by atoms with van der Waals surface area (Å²) in [6.45, 7) is 0.00483. The van der Waals surface area contributed by atoms with E-state index in [0.29, 0.717) is 5.02 Å². The first-order chi connectivity index (χ1) is 7.39. The van der Waals surface area contributed by atoms with Crippen molar-refractivity contribution in [2.45, 2.75) is 4.90 Å². The topological polar surface area (TPSA) is 63.4 Å². The third-order valence-corrected chi connectivity index (χ3v) is 4.13. The molecule has 0 radical (unpaired) electrons. The predicted octanol–water partition coefficient (Wildman–Crippen LogP) is 1.18. The molecule has 0 aliphatic heterocycles. The molecule has 0 bridgehead atoms. The Bertz CT molecular complexity index is 534. The van der Waals surface area contributed by atoms with Gasteiger partial charge in [0, 0.05) is 7.05 Å². The molecule has 0 heterocycles. The molecule has 0 unspecified atom stereocenters. The van der Waals surface area contributed by atoms with E-state index in [-0.39, 0.29) is 17.1 Å². The summed E-state index contributed by atoms with van der Waals surface area (Å²) in [6.07, 6.45) is 5.06. The molecular formula is C10H11ClN2O2S. The summed E-state index contributed by atoms with van der Waals surface area (Å²) >= 11 is 5.71. The molecule has 86 valence electrons. The van der Waals surface area contributed by atoms with Crippen LogP contribution in [0.3, 0.4) is 0 Å². The van der Waals surface area contributed by atoms with E-state index in [0.717, 1.165) is 4.31 Å². The summed E-state index contributed by atoms with van der Waals surface area (Å²) in [4.78, 5) is 0.0761. The van der Waals surface area contributed by atoms with E-state index < -0.39 is 10.0 Å². The van der Waals surface area contributed by atoms with Gasteiger partial charge in [0.05, 0.1) is 22.2 Å². The molecule has 0 fully saturated rings. The van der Waals surface area contributed by atoms with Gasteiger partial charge < -0.3 is 5.73 Å². The normalized spacial score (nSPS) is 11.4. The monoisotopic (exact) mass is 258 g/mol. The van der Waals surface area contributed by atoms with Gasteiger partial charge in [-0.3, -0.25) is 0 Å². The summed E-state index contributed by atoms with van der Waals surface area (Å²) in [5.74, 6) is 2.26. The number of rotatable bonds is 3. The lowest BCUT2D eigenvalue weighted by Gasteiger charge is -2.14. The molecule has 16 heavy (non-hydrogen) atoms. The van der Waals surface area contributed by atoms with Gasteiger partial charge in [0.2, 0.25) is 10.0 Å². The molecule has 1 rings (SSSR count). The van der Waals surface area contributed by atoms with Crippen molar-refractivity contribution in [1.29, 1.82) is 0 Å². The van der Waals surface area contributed by atoms with E-state index in [2.05, 4.69) is 5.92 Å². The fourth-order valence-corrected chi connectivity index (χ4v) is 2.31. The van der Waals surface area contributed by atoms with E-state index in [1.54, 1.807) is 0 Å². The number of terminal acetylenes is 1. The molecular weight excluding hydrogens is 248 g/mol. The van der Waals surface area contributed by atoms with Crippen LogP contribution in [-0.2, 0) is 10.0 Å². The first-order valence-electron chi connectivity index (χ1n) is 4.34. The fourth-order valence-electron chi connectivity index (χ4n) is 1.08. The van der Waals surface area contributed by atoms with Gasteiger partial charge >= 0.3 is 0 Å². The Morgan fingerprint density at radius 1 is 1.56 bits per heavy atom. The average Bonchev–Trinajstić information content (AvgIpc) is 2.22. The number of nitrogen functional groups attached to an aromatic ring is 1. The van der Waals surface area contributed by atoms with Gasteiger partial charge in [-0.25, -0.2) is 8.42 Å². The quantitative estimate of drug-likeness (QED) is 0.654. The summed E-state index contributed by atoms with van der Waals surface area (Å²) in [5.41, 5.74) is 5.76. The third kappa shape index (κ3) is 2.47. The number of halogens is 1. The van der Waals surface area contributed by atoms with Gasteiger partial charge in [-0.1, -0.05) is 17.5 Å². The molecule has 0 saturated carbocycles. The van der Waals surface area contributed by atoms with E-state index in [9.17, 15) is 8.42 Å². The van der Waals surface area contributed by atoms with Gasteiger partial charge in [0.25, 0.3) is 0 Å². The van der Waals surface area contributed by atoms with Crippen molar-refractivity contribution < 1.29 is 8.42 Å². The summed E-state index contributed by atoms with van der Waals surface area (Å²) in [6, 6.07) is 4.14. The van der Waals surface area contributed by atoms with Gasteiger partial charge in [0.1, 0.15) is 0 Å². The van der Waals surface area contributed by atoms with Crippen LogP contribution >= 0.6 is 11.6 Å². The van der Waals surface area contributed by atoms with Crippen molar-refractivity contribution in [1.82, 2.24) is 4.31 Å². The summed E-state index contributed by atoms with van der Waals surface area (Å²) in [7, 11) is -2.19. The van der Waals surface area contributed by atoms with Crippen LogP contribution in [0.25, 0.3) is 0 Å². The lowest BCUT2D eigenvalue weighted by molar-refractivity contribution is 0.503. The number of hydrogen-bond donors (Lipinski definition) is 1. The zero-order valence-electron chi connectivity index (χ0n) is 8.64. The standard InChI is InChI=1S/C10H11ClN2O2S/c1-3-6-13(2)16(14,15)8-4-5-9(11)10(12)7-8/h1,4-5,7H,6,12H2,2H3. The minimum absolute atomic E-state index is 0.00483. The van der Waals surface area contributed by atoms with Crippen molar-refractivity contribution in [2.24, 2.45) is 0 Å². The molecule has 0 atom stereocenters. The van der Waals surface area contributed by atoms with Crippen LogP contribution in [-0.4, -0.2) is 26.3 Å². The zero-order chi connectivity index (χ0) is 12.3. The Kier molecular flexibility index (Phi) is 3.81. The molecule has 0 aromatic heterocycles. The Hall–Kier alpha value is -1.22. The Labute approximate surface area is 100 Å². The second-order valence-corrected chi connectivity index (χ2v) is 5.60. The summed E-state index contributed by atoms with van der Waals surface area (Å²) < 4.78 is 24.9. The maximum atomic E-state index is 11.9. The molecule has 4 nitrogen and oxygen atoms in total. The maximum absolute atomic E-state index is 11.9. The molecule has 0 saturated heterocycles. The van der Waals surface area contributed by atoms with Crippen molar-refractivity contribution >= 4 is 27.3 Å². The maximum Gasteiger partial charge on any atom is 0.243 e. The molecule has 0 aliphatic carbocycles. The first-order valence-corrected chi connectivity index (χ1v) is 6.16. The van der Waals surface area contributed by atoms with Crippen LogP contribution in [0, 0.1) is 12.3 Å². The second-order valence-electron chi connectivity index (χ2n) is 3.15. The van der Waals surface area contributed by atoms with Crippen LogP contribution in [0.2, 0.25) is 5.02 Å². The zero-order valence-corrected chi connectivity index (χ0v) is 10.2. The smallest absolute Gasteiger partial charge is 0.243 e. The van der Waals surface area contributed by atoms with E-state index in [4.69, 9.17) is 23.8 Å². The van der Waals surface area contributed by atoms with Crippen LogP contribution in [0.5, 0.6) is 0 Å². The van der Waals surface area contributed by atoms with Gasteiger partial charge in [0.15, 0.2) is 0 Å². The number of benzene rings is 1. The van der Waals surface area contributed by atoms with Crippen molar-refractivity contribution in [3.05, 3.63) is 23.2 Å². The van der Waals surface area contributed by atoms with E-state index in [1.165, 1.54) is 25.2 Å². The number of sulfonamides is 1. The van der Waals surface area contributed by atoms with E-state index >= 15 is 0 Å². The minimum Gasteiger partial charge on any atom is -0.397 e. The highest BCUT2D eigenvalue weighted by Gasteiger charge is 2.20. The Balaban J connectivity index is 3.18. The van der Waals surface area contributed by atoms with Crippen LogP contribution in [0.4, 0.5) is 5.69 Å². The third-order valence-electron chi connectivity index (χ3n) is 1.99. The Morgan fingerprint density at radius 3 is 2.69 bits per heavy atom.